The fourth-order valence-electron chi connectivity index (χ4n) is 4.90. The van der Waals surface area contributed by atoms with Crippen molar-refractivity contribution in [1.82, 2.24) is 0 Å². The van der Waals surface area contributed by atoms with Crippen LogP contribution < -0.4 is 11.1 Å². The van der Waals surface area contributed by atoms with Gasteiger partial charge in [0.2, 0.25) is 5.91 Å². The van der Waals surface area contributed by atoms with Gasteiger partial charge in [-0.3, -0.25) is 4.79 Å². The highest BCUT2D eigenvalue weighted by atomic mass is 16.1. The van der Waals surface area contributed by atoms with E-state index in [0.717, 1.165) is 24.9 Å². The van der Waals surface area contributed by atoms with Crippen LogP contribution in [0.2, 0.25) is 0 Å². The maximum absolute atomic E-state index is 12.7. The minimum Gasteiger partial charge on any atom is -0.327 e. The monoisotopic (exact) mass is 298 g/mol. The SMILES string of the molecule is NC1C2CCCC1CC(C(=O)Nc1ccc3c(c1)CCC3)C2. The van der Waals surface area contributed by atoms with E-state index in [1.807, 2.05) is 0 Å². The van der Waals surface area contributed by atoms with Crippen molar-refractivity contribution in [3.05, 3.63) is 29.3 Å². The van der Waals surface area contributed by atoms with Crippen LogP contribution in [0, 0.1) is 17.8 Å². The fourth-order valence-corrected chi connectivity index (χ4v) is 4.90. The lowest BCUT2D eigenvalue weighted by Gasteiger charge is -2.43. The average molecular weight is 298 g/mol. The molecule has 0 saturated heterocycles. The molecule has 3 aliphatic rings. The summed E-state index contributed by atoms with van der Waals surface area (Å²) in [5.41, 5.74) is 10.2. The first kappa shape index (κ1) is 14.3. The number of fused-ring (bicyclic) bond motifs is 3. The molecule has 22 heavy (non-hydrogen) atoms. The Morgan fingerprint density at radius 3 is 2.55 bits per heavy atom. The molecule has 0 aromatic heterocycles. The summed E-state index contributed by atoms with van der Waals surface area (Å²) >= 11 is 0. The number of anilines is 1. The highest BCUT2D eigenvalue weighted by Crippen LogP contribution is 2.42. The van der Waals surface area contributed by atoms with Crippen molar-refractivity contribution in [3.63, 3.8) is 0 Å². The van der Waals surface area contributed by atoms with Crippen LogP contribution in [0.15, 0.2) is 18.2 Å². The number of rotatable bonds is 2. The maximum Gasteiger partial charge on any atom is 0.227 e. The lowest BCUT2D eigenvalue weighted by atomic mass is 9.65. The summed E-state index contributed by atoms with van der Waals surface area (Å²) in [5, 5.41) is 3.17. The van der Waals surface area contributed by atoms with Crippen molar-refractivity contribution in [3.8, 4) is 0 Å². The third-order valence-electron chi connectivity index (χ3n) is 6.15. The maximum atomic E-state index is 12.7. The number of nitrogens with two attached hydrogens (primary N) is 1. The van der Waals surface area contributed by atoms with Crippen LogP contribution >= 0.6 is 0 Å². The second kappa shape index (κ2) is 5.69. The fraction of sp³-hybridized carbons (Fsp3) is 0.632. The zero-order valence-corrected chi connectivity index (χ0v) is 13.2. The largest absolute Gasteiger partial charge is 0.327 e. The lowest BCUT2D eigenvalue weighted by molar-refractivity contribution is -0.122. The van der Waals surface area contributed by atoms with Gasteiger partial charge in [-0.15, -0.1) is 0 Å². The molecule has 0 aliphatic heterocycles. The van der Waals surface area contributed by atoms with Crippen molar-refractivity contribution in [2.24, 2.45) is 23.5 Å². The Hall–Kier alpha value is -1.35. The first-order valence-corrected chi connectivity index (χ1v) is 8.89. The van der Waals surface area contributed by atoms with Gasteiger partial charge in [0.15, 0.2) is 0 Å². The summed E-state index contributed by atoms with van der Waals surface area (Å²) in [6.07, 6.45) is 9.26. The van der Waals surface area contributed by atoms with E-state index in [4.69, 9.17) is 5.73 Å². The smallest absolute Gasteiger partial charge is 0.227 e. The average Bonchev–Trinajstić information content (AvgIpc) is 2.94. The van der Waals surface area contributed by atoms with E-state index < -0.39 is 0 Å². The molecule has 2 unspecified atom stereocenters. The highest BCUT2D eigenvalue weighted by Gasteiger charge is 2.40. The Labute approximate surface area is 132 Å². The first-order valence-electron chi connectivity index (χ1n) is 8.89. The van der Waals surface area contributed by atoms with E-state index in [9.17, 15) is 4.79 Å². The van der Waals surface area contributed by atoms with Crippen LogP contribution in [0.25, 0.3) is 0 Å². The molecular weight excluding hydrogens is 272 g/mol. The Morgan fingerprint density at radius 1 is 1.05 bits per heavy atom. The molecular formula is C19H26N2O. The topological polar surface area (TPSA) is 55.1 Å². The van der Waals surface area contributed by atoms with Crippen LogP contribution in [0.5, 0.6) is 0 Å². The quantitative estimate of drug-likeness (QED) is 0.880. The van der Waals surface area contributed by atoms with Crippen LogP contribution in [-0.4, -0.2) is 11.9 Å². The highest BCUT2D eigenvalue weighted by molar-refractivity contribution is 5.92. The standard InChI is InChI=1S/C19H26N2O/c20-18-14-5-2-6-15(18)10-16(9-14)19(22)21-17-8-7-12-3-1-4-13(12)11-17/h7-8,11,14-16,18H,1-6,9-10,20H2,(H,21,22). The molecule has 0 radical (unpaired) electrons. The molecule has 1 aromatic carbocycles. The van der Waals surface area contributed by atoms with E-state index in [-0.39, 0.29) is 11.8 Å². The van der Waals surface area contributed by atoms with Gasteiger partial charge in [0, 0.05) is 17.6 Å². The molecule has 2 fully saturated rings. The van der Waals surface area contributed by atoms with Crippen molar-refractivity contribution >= 4 is 11.6 Å². The number of aryl methyl sites for hydroxylation is 2. The molecule has 2 saturated carbocycles. The molecule has 3 heteroatoms. The van der Waals surface area contributed by atoms with Crippen molar-refractivity contribution in [1.29, 1.82) is 0 Å². The molecule has 3 aliphatic carbocycles. The van der Waals surface area contributed by atoms with Crippen molar-refractivity contribution in [2.75, 3.05) is 5.32 Å². The molecule has 4 rings (SSSR count). The Kier molecular flexibility index (Phi) is 3.69. The van der Waals surface area contributed by atoms with E-state index >= 15 is 0 Å². The van der Waals surface area contributed by atoms with Gasteiger partial charge in [-0.05, 0) is 80.0 Å². The number of benzene rings is 1. The van der Waals surface area contributed by atoms with E-state index in [1.165, 1.54) is 43.2 Å². The summed E-state index contributed by atoms with van der Waals surface area (Å²) in [6, 6.07) is 6.76. The lowest BCUT2D eigenvalue weighted by Crippen LogP contribution is -2.48. The number of amides is 1. The Balaban J connectivity index is 1.44. The third-order valence-corrected chi connectivity index (χ3v) is 6.15. The molecule has 3 nitrogen and oxygen atoms in total. The second-order valence-corrected chi connectivity index (χ2v) is 7.52. The van der Waals surface area contributed by atoms with Gasteiger partial charge in [-0.2, -0.15) is 0 Å². The van der Waals surface area contributed by atoms with Gasteiger partial charge in [0.25, 0.3) is 0 Å². The molecule has 0 heterocycles. The predicted molar refractivity (Wildman–Crippen MR) is 88.6 cm³/mol. The van der Waals surface area contributed by atoms with Crippen LogP contribution in [0.3, 0.4) is 0 Å². The zero-order chi connectivity index (χ0) is 15.1. The zero-order valence-electron chi connectivity index (χ0n) is 13.2. The normalized spacial score (nSPS) is 33.3. The second-order valence-electron chi connectivity index (χ2n) is 7.52. The number of nitrogens with one attached hydrogen (secondary N) is 1. The van der Waals surface area contributed by atoms with Gasteiger partial charge < -0.3 is 11.1 Å². The first-order chi connectivity index (χ1) is 10.7. The van der Waals surface area contributed by atoms with Crippen molar-refractivity contribution in [2.45, 2.75) is 57.4 Å². The molecule has 1 aromatic rings. The summed E-state index contributed by atoms with van der Waals surface area (Å²) in [7, 11) is 0. The predicted octanol–water partition coefficient (Wildman–Crippen LogP) is 3.27. The van der Waals surface area contributed by atoms with E-state index in [1.54, 1.807) is 0 Å². The molecule has 0 spiro atoms. The van der Waals surface area contributed by atoms with Gasteiger partial charge in [0.1, 0.15) is 0 Å². The third kappa shape index (κ3) is 2.56. The van der Waals surface area contributed by atoms with E-state index in [0.29, 0.717) is 17.9 Å². The molecule has 2 atom stereocenters. The van der Waals surface area contributed by atoms with Crippen molar-refractivity contribution < 1.29 is 4.79 Å². The molecule has 2 bridgehead atoms. The number of hydrogen-bond donors (Lipinski definition) is 2. The van der Waals surface area contributed by atoms with Gasteiger partial charge in [-0.25, -0.2) is 0 Å². The number of hydrogen-bond acceptors (Lipinski definition) is 2. The minimum atomic E-state index is 0.156. The Morgan fingerprint density at radius 2 is 1.77 bits per heavy atom. The van der Waals surface area contributed by atoms with E-state index in [2.05, 4.69) is 23.5 Å². The summed E-state index contributed by atoms with van der Waals surface area (Å²) < 4.78 is 0. The molecule has 3 N–H and O–H groups in total. The van der Waals surface area contributed by atoms with Gasteiger partial charge in [-0.1, -0.05) is 12.5 Å². The Bertz CT molecular complexity index is 569. The molecule has 1 amide bonds. The number of carbonyl (C=O) groups excluding carboxylic acids is 1. The minimum absolute atomic E-state index is 0.156. The van der Waals surface area contributed by atoms with Crippen LogP contribution in [-0.2, 0) is 17.6 Å². The molecule has 118 valence electrons. The summed E-state index contributed by atoms with van der Waals surface area (Å²) in [6.45, 7) is 0. The van der Waals surface area contributed by atoms with Crippen LogP contribution in [0.4, 0.5) is 5.69 Å². The van der Waals surface area contributed by atoms with Gasteiger partial charge in [0.05, 0.1) is 0 Å². The summed E-state index contributed by atoms with van der Waals surface area (Å²) in [5.74, 6) is 1.48. The number of carbonyl (C=O) groups is 1. The van der Waals surface area contributed by atoms with Gasteiger partial charge >= 0.3 is 0 Å². The van der Waals surface area contributed by atoms with Crippen LogP contribution in [0.1, 0.15) is 49.7 Å². The summed E-state index contributed by atoms with van der Waals surface area (Å²) in [4.78, 5) is 12.7.